The standard InChI is InChI=1S/C18H21NO3S/c1-18(2,23(21,22)16-8-6-5-7-9-16)17(20)14-10-12-15(13-11-14)19(3)4/h5-13H,1-4H3. The molecule has 0 aliphatic carbocycles. The maximum atomic E-state index is 12.8. The van der Waals surface area contributed by atoms with Crippen molar-refractivity contribution < 1.29 is 13.2 Å². The smallest absolute Gasteiger partial charge is 0.190 e. The Hall–Kier alpha value is -2.14. The van der Waals surface area contributed by atoms with Crippen LogP contribution in [0.25, 0.3) is 0 Å². The second-order valence-corrected chi connectivity index (χ2v) is 8.60. The monoisotopic (exact) mass is 331 g/mol. The highest BCUT2D eigenvalue weighted by atomic mass is 32.2. The predicted octanol–water partition coefficient (Wildman–Crippen LogP) is 3.19. The topological polar surface area (TPSA) is 54.5 Å². The number of benzene rings is 2. The van der Waals surface area contributed by atoms with Gasteiger partial charge in [-0.3, -0.25) is 4.79 Å². The molecule has 0 unspecified atom stereocenters. The minimum Gasteiger partial charge on any atom is -0.378 e. The van der Waals surface area contributed by atoms with Crippen molar-refractivity contribution in [3.05, 3.63) is 60.2 Å². The maximum Gasteiger partial charge on any atom is 0.190 e. The third-order valence-electron chi connectivity index (χ3n) is 3.92. The van der Waals surface area contributed by atoms with Gasteiger partial charge >= 0.3 is 0 Å². The van der Waals surface area contributed by atoms with Crippen LogP contribution in [0.4, 0.5) is 5.69 Å². The number of anilines is 1. The molecule has 0 aliphatic rings. The molecular formula is C18H21NO3S. The van der Waals surface area contributed by atoms with Crippen molar-refractivity contribution in [3.63, 3.8) is 0 Å². The number of sulfone groups is 1. The molecule has 0 saturated heterocycles. The molecule has 0 heterocycles. The third-order valence-corrected chi connectivity index (χ3v) is 6.34. The molecule has 2 rings (SSSR count). The molecule has 2 aromatic carbocycles. The first-order valence-electron chi connectivity index (χ1n) is 7.30. The molecule has 0 radical (unpaired) electrons. The zero-order valence-electron chi connectivity index (χ0n) is 13.8. The Labute approximate surface area is 137 Å². The molecule has 0 aromatic heterocycles. The Morgan fingerprint density at radius 3 is 1.91 bits per heavy atom. The van der Waals surface area contributed by atoms with Gasteiger partial charge < -0.3 is 4.90 Å². The number of hydrogen-bond donors (Lipinski definition) is 0. The van der Waals surface area contributed by atoms with Crippen molar-refractivity contribution in [2.75, 3.05) is 19.0 Å². The van der Waals surface area contributed by atoms with Gasteiger partial charge in [0.1, 0.15) is 4.75 Å². The van der Waals surface area contributed by atoms with Crippen LogP contribution in [0.3, 0.4) is 0 Å². The largest absolute Gasteiger partial charge is 0.378 e. The van der Waals surface area contributed by atoms with E-state index in [1.54, 1.807) is 42.5 Å². The fraction of sp³-hybridized carbons (Fsp3) is 0.278. The van der Waals surface area contributed by atoms with Gasteiger partial charge in [-0.2, -0.15) is 0 Å². The van der Waals surface area contributed by atoms with Crippen LogP contribution in [0, 0.1) is 0 Å². The summed E-state index contributed by atoms with van der Waals surface area (Å²) in [6.45, 7) is 2.91. The number of carbonyl (C=O) groups is 1. The number of hydrogen-bond acceptors (Lipinski definition) is 4. The average Bonchev–Trinajstić information content (AvgIpc) is 2.54. The van der Waals surface area contributed by atoms with Crippen LogP contribution in [-0.2, 0) is 9.84 Å². The number of Topliss-reactive ketones (excluding diaryl/α,β-unsaturated/α-hetero) is 1. The SMILES string of the molecule is CN(C)c1ccc(C(=O)C(C)(C)S(=O)(=O)c2ccccc2)cc1. The predicted molar refractivity (Wildman–Crippen MR) is 92.8 cm³/mol. The summed E-state index contributed by atoms with van der Waals surface area (Å²) >= 11 is 0. The van der Waals surface area contributed by atoms with Gasteiger partial charge in [0, 0.05) is 25.3 Å². The summed E-state index contributed by atoms with van der Waals surface area (Å²) in [5.74, 6) is -0.411. The molecule has 122 valence electrons. The quantitative estimate of drug-likeness (QED) is 0.790. The lowest BCUT2D eigenvalue weighted by Crippen LogP contribution is -2.40. The Morgan fingerprint density at radius 2 is 1.43 bits per heavy atom. The summed E-state index contributed by atoms with van der Waals surface area (Å²) in [7, 11) is 0.0345. The van der Waals surface area contributed by atoms with Crippen molar-refractivity contribution >= 4 is 21.3 Å². The van der Waals surface area contributed by atoms with Gasteiger partial charge in [-0.25, -0.2) is 8.42 Å². The molecule has 0 amide bonds. The van der Waals surface area contributed by atoms with Gasteiger partial charge in [0.15, 0.2) is 15.6 Å². The van der Waals surface area contributed by atoms with Crippen LogP contribution in [0.15, 0.2) is 59.5 Å². The number of carbonyl (C=O) groups excluding carboxylic acids is 1. The zero-order valence-corrected chi connectivity index (χ0v) is 14.6. The van der Waals surface area contributed by atoms with E-state index in [1.165, 1.54) is 26.0 Å². The first-order chi connectivity index (χ1) is 10.7. The molecule has 0 fully saturated rings. The Morgan fingerprint density at radius 1 is 0.913 bits per heavy atom. The van der Waals surface area contributed by atoms with E-state index in [2.05, 4.69) is 0 Å². The van der Waals surface area contributed by atoms with E-state index in [9.17, 15) is 13.2 Å². The van der Waals surface area contributed by atoms with E-state index in [-0.39, 0.29) is 4.90 Å². The molecule has 0 N–H and O–H groups in total. The molecule has 0 saturated carbocycles. The maximum absolute atomic E-state index is 12.8. The van der Waals surface area contributed by atoms with Crippen LogP contribution >= 0.6 is 0 Å². The molecular weight excluding hydrogens is 310 g/mol. The molecule has 4 nitrogen and oxygen atoms in total. The van der Waals surface area contributed by atoms with Crippen molar-refractivity contribution in [2.45, 2.75) is 23.5 Å². The second kappa shape index (κ2) is 6.16. The van der Waals surface area contributed by atoms with E-state index >= 15 is 0 Å². The van der Waals surface area contributed by atoms with Gasteiger partial charge in [0.25, 0.3) is 0 Å². The lowest BCUT2D eigenvalue weighted by molar-refractivity contribution is 0.0953. The summed E-state index contributed by atoms with van der Waals surface area (Å²) < 4.78 is 24.1. The molecule has 0 bridgehead atoms. The van der Waals surface area contributed by atoms with Crippen molar-refractivity contribution in [1.82, 2.24) is 0 Å². The first kappa shape index (κ1) is 17.2. The normalized spacial score (nSPS) is 12.0. The summed E-state index contributed by atoms with van der Waals surface area (Å²) in [6.07, 6.45) is 0. The van der Waals surface area contributed by atoms with Gasteiger partial charge in [-0.1, -0.05) is 18.2 Å². The Kier molecular flexibility index (Phi) is 4.61. The highest BCUT2D eigenvalue weighted by Crippen LogP contribution is 2.29. The number of ketones is 1. The zero-order chi connectivity index (χ0) is 17.3. The summed E-state index contributed by atoms with van der Waals surface area (Å²) in [5, 5.41) is 0. The Bertz CT molecular complexity index is 792. The van der Waals surface area contributed by atoms with Gasteiger partial charge in [-0.05, 0) is 50.2 Å². The highest BCUT2D eigenvalue weighted by Gasteiger charge is 2.42. The summed E-state index contributed by atoms with van der Waals surface area (Å²) in [5.41, 5.74) is 1.34. The van der Waals surface area contributed by atoms with E-state index in [0.29, 0.717) is 5.56 Å². The number of nitrogens with zero attached hydrogens (tertiary/aromatic N) is 1. The van der Waals surface area contributed by atoms with Crippen molar-refractivity contribution in [3.8, 4) is 0 Å². The minimum atomic E-state index is -3.77. The van der Waals surface area contributed by atoms with Gasteiger partial charge in [0.2, 0.25) is 0 Å². The lowest BCUT2D eigenvalue weighted by Gasteiger charge is -2.24. The highest BCUT2D eigenvalue weighted by molar-refractivity contribution is 7.93. The third kappa shape index (κ3) is 3.15. The van der Waals surface area contributed by atoms with Gasteiger partial charge in [0.05, 0.1) is 4.90 Å². The van der Waals surface area contributed by atoms with E-state index < -0.39 is 20.4 Å². The molecule has 2 aromatic rings. The second-order valence-electron chi connectivity index (χ2n) is 6.10. The number of rotatable bonds is 5. The molecule has 23 heavy (non-hydrogen) atoms. The fourth-order valence-corrected chi connectivity index (χ4v) is 3.74. The average molecular weight is 331 g/mol. The fourth-order valence-electron chi connectivity index (χ4n) is 2.27. The van der Waals surface area contributed by atoms with Crippen LogP contribution in [0.1, 0.15) is 24.2 Å². The summed E-state index contributed by atoms with van der Waals surface area (Å²) in [6, 6.07) is 15.0. The molecule has 0 atom stereocenters. The Balaban J connectivity index is 2.40. The van der Waals surface area contributed by atoms with Crippen molar-refractivity contribution in [2.24, 2.45) is 0 Å². The van der Waals surface area contributed by atoms with Crippen LogP contribution in [-0.4, -0.2) is 33.0 Å². The minimum absolute atomic E-state index is 0.156. The molecule has 0 spiro atoms. The van der Waals surface area contributed by atoms with E-state index in [0.717, 1.165) is 5.69 Å². The van der Waals surface area contributed by atoms with Crippen LogP contribution in [0.5, 0.6) is 0 Å². The van der Waals surface area contributed by atoms with E-state index in [1.807, 2.05) is 19.0 Å². The van der Waals surface area contributed by atoms with E-state index in [4.69, 9.17) is 0 Å². The van der Waals surface area contributed by atoms with Crippen molar-refractivity contribution in [1.29, 1.82) is 0 Å². The molecule has 0 aliphatic heterocycles. The summed E-state index contributed by atoms with van der Waals surface area (Å²) in [4.78, 5) is 14.8. The molecule has 5 heteroatoms. The van der Waals surface area contributed by atoms with Crippen LogP contribution < -0.4 is 4.90 Å². The van der Waals surface area contributed by atoms with Gasteiger partial charge in [-0.15, -0.1) is 0 Å². The lowest BCUT2D eigenvalue weighted by atomic mass is 10.00. The van der Waals surface area contributed by atoms with Crippen LogP contribution in [0.2, 0.25) is 0 Å². The first-order valence-corrected chi connectivity index (χ1v) is 8.78.